The minimum atomic E-state index is -1.59. The first kappa shape index (κ1) is 11.5. The molecule has 2 N–H and O–H groups in total. The van der Waals surface area contributed by atoms with Crippen LogP contribution in [-0.2, 0) is 11.2 Å². The van der Waals surface area contributed by atoms with Crippen LogP contribution in [0.3, 0.4) is 0 Å². The van der Waals surface area contributed by atoms with Crippen molar-refractivity contribution in [3.05, 3.63) is 29.6 Å². The molecule has 1 rings (SSSR count). The first-order valence-corrected chi connectivity index (χ1v) is 4.28. The van der Waals surface area contributed by atoms with E-state index in [-0.39, 0.29) is 12.0 Å². The lowest BCUT2D eigenvalue weighted by atomic mass is 10.1. The van der Waals surface area contributed by atoms with Gasteiger partial charge in [0.25, 0.3) is 0 Å². The number of benzene rings is 1. The summed E-state index contributed by atoms with van der Waals surface area (Å²) < 4.78 is 18.1. The Morgan fingerprint density at radius 3 is 2.73 bits per heavy atom. The topological polar surface area (TPSA) is 66.8 Å². The standard InChI is InChI=1S/C10H11FO4/c1-15-7-3-2-6(8(11)5-7)4-9(12)10(13)14/h2-3,5,9,12H,4H2,1H3,(H,13,14). The van der Waals surface area contributed by atoms with Crippen molar-refractivity contribution < 1.29 is 24.1 Å². The molecule has 0 saturated heterocycles. The predicted octanol–water partition coefficient (Wildman–Crippen LogP) is 0.822. The average Bonchev–Trinajstić information content (AvgIpc) is 2.20. The molecule has 1 aromatic carbocycles. The number of aliphatic hydroxyl groups excluding tert-OH is 1. The van der Waals surface area contributed by atoms with Crippen molar-refractivity contribution in [3.63, 3.8) is 0 Å². The number of ether oxygens (including phenoxy) is 1. The summed E-state index contributed by atoms with van der Waals surface area (Å²) >= 11 is 0. The van der Waals surface area contributed by atoms with E-state index in [1.54, 1.807) is 0 Å². The van der Waals surface area contributed by atoms with Crippen LogP contribution >= 0.6 is 0 Å². The normalized spacial score (nSPS) is 12.2. The summed E-state index contributed by atoms with van der Waals surface area (Å²) in [7, 11) is 1.40. The van der Waals surface area contributed by atoms with Crippen molar-refractivity contribution in [2.75, 3.05) is 7.11 Å². The summed E-state index contributed by atoms with van der Waals surface area (Å²) in [6.45, 7) is 0. The number of carbonyl (C=O) groups is 1. The molecule has 0 heterocycles. The van der Waals surface area contributed by atoms with Crippen LogP contribution in [0.2, 0.25) is 0 Å². The van der Waals surface area contributed by atoms with Gasteiger partial charge in [0, 0.05) is 12.5 Å². The largest absolute Gasteiger partial charge is 0.497 e. The van der Waals surface area contributed by atoms with Gasteiger partial charge in [0.05, 0.1) is 7.11 Å². The molecular weight excluding hydrogens is 203 g/mol. The molecule has 0 saturated carbocycles. The fraction of sp³-hybridized carbons (Fsp3) is 0.300. The quantitative estimate of drug-likeness (QED) is 0.778. The van der Waals surface area contributed by atoms with E-state index in [9.17, 15) is 9.18 Å². The zero-order valence-electron chi connectivity index (χ0n) is 8.11. The summed E-state index contributed by atoms with van der Waals surface area (Å²) in [5, 5.41) is 17.5. The van der Waals surface area contributed by atoms with Crippen LogP contribution in [0.4, 0.5) is 4.39 Å². The Bertz CT molecular complexity index is 364. The lowest BCUT2D eigenvalue weighted by Crippen LogP contribution is -2.22. The second-order valence-corrected chi connectivity index (χ2v) is 3.02. The molecule has 15 heavy (non-hydrogen) atoms. The van der Waals surface area contributed by atoms with Gasteiger partial charge in [-0.05, 0) is 11.6 Å². The Balaban J connectivity index is 2.82. The van der Waals surface area contributed by atoms with Crippen LogP contribution in [0.25, 0.3) is 0 Å². The predicted molar refractivity (Wildman–Crippen MR) is 50.3 cm³/mol. The second-order valence-electron chi connectivity index (χ2n) is 3.02. The summed E-state index contributed by atoms with van der Waals surface area (Å²) in [5.74, 6) is -1.61. The molecule has 5 heteroatoms. The molecule has 0 aliphatic heterocycles. The zero-order valence-corrected chi connectivity index (χ0v) is 8.11. The van der Waals surface area contributed by atoms with Gasteiger partial charge in [-0.1, -0.05) is 6.07 Å². The highest BCUT2D eigenvalue weighted by Crippen LogP contribution is 2.17. The number of aliphatic carboxylic acids is 1. The molecule has 0 amide bonds. The maximum absolute atomic E-state index is 13.3. The number of hydrogen-bond donors (Lipinski definition) is 2. The van der Waals surface area contributed by atoms with Crippen molar-refractivity contribution in [2.24, 2.45) is 0 Å². The Hall–Kier alpha value is -1.62. The smallest absolute Gasteiger partial charge is 0.332 e. The monoisotopic (exact) mass is 214 g/mol. The minimum absolute atomic E-state index is 0.144. The van der Waals surface area contributed by atoms with Crippen LogP contribution in [0.1, 0.15) is 5.56 Å². The van der Waals surface area contributed by atoms with E-state index < -0.39 is 17.9 Å². The van der Waals surface area contributed by atoms with Crippen LogP contribution < -0.4 is 4.74 Å². The summed E-state index contributed by atoms with van der Waals surface area (Å²) in [6.07, 6.45) is -1.85. The van der Waals surface area contributed by atoms with E-state index in [1.165, 1.54) is 19.2 Å². The van der Waals surface area contributed by atoms with Gasteiger partial charge in [-0.25, -0.2) is 9.18 Å². The number of rotatable bonds is 4. The van der Waals surface area contributed by atoms with E-state index in [1.807, 2.05) is 0 Å². The number of hydrogen-bond acceptors (Lipinski definition) is 3. The lowest BCUT2D eigenvalue weighted by Gasteiger charge is -2.07. The first-order valence-electron chi connectivity index (χ1n) is 4.28. The van der Waals surface area contributed by atoms with Gasteiger partial charge in [-0.15, -0.1) is 0 Å². The van der Waals surface area contributed by atoms with E-state index >= 15 is 0 Å². The van der Waals surface area contributed by atoms with Crippen LogP contribution in [-0.4, -0.2) is 29.4 Å². The van der Waals surface area contributed by atoms with E-state index in [4.69, 9.17) is 14.9 Å². The van der Waals surface area contributed by atoms with Gasteiger partial charge >= 0.3 is 5.97 Å². The van der Waals surface area contributed by atoms with Gasteiger partial charge in [0.1, 0.15) is 11.6 Å². The highest BCUT2D eigenvalue weighted by Gasteiger charge is 2.16. The van der Waals surface area contributed by atoms with Crippen molar-refractivity contribution in [3.8, 4) is 5.75 Å². The lowest BCUT2D eigenvalue weighted by molar-refractivity contribution is -0.146. The Kier molecular flexibility index (Phi) is 3.62. The second kappa shape index (κ2) is 4.75. The summed E-state index contributed by atoms with van der Waals surface area (Å²) in [6, 6.07) is 4.04. The Labute approximate surface area is 85.9 Å². The molecule has 0 aliphatic rings. The maximum atomic E-state index is 13.3. The van der Waals surface area contributed by atoms with E-state index in [0.717, 1.165) is 6.07 Å². The first-order chi connectivity index (χ1) is 7.04. The third kappa shape index (κ3) is 2.92. The van der Waals surface area contributed by atoms with E-state index in [2.05, 4.69) is 0 Å². The fourth-order valence-electron chi connectivity index (χ4n) is 1.12. The molecule has 4 nitrogen and oxygen atoms in total. The van der Waals surface area contributed by atoms with E-state index in [0.29, 0.717) is 5.75 Å². The molecule has 1 atom stereocenters. The van der Waals surface area contributed by atoms with Crippen molar-refractivity contribution in [1.82, 2.24) is 0 Å². The molecule has 0 aromatic heterocycles. The number of carboxylic acids is 1. The maximum Gasteiger partial charge on any atom is 0.332 e. The third-order valence-corrected chi connectivity index (χ3v) is 1.96. The molecule has 0 fully saturated rings. The average molecular weight is 214 g/mol. The summed E-state index contributed by atoms with van der Waals surface area (Å²) in [4.78, 5) is 10.3. The van der Waals surface area contributed by atoms with Gasteiger partial charge < -0.3 is 14.9 Å². The molecule has 0 radical (unpaired) electrons. The Morgan fingerprint density at radius 1 is 1.60 bits per heavy atom. The molecule has 1 aromatic rings. The number of methoxy groups -OCH3 is 1. The van der Waals surface area contributed by atoms with Crippen molar-refractivity contribution in [2.45, 2.75) is 12.5 Å². The number of carboxylic acid groups (broad SMARTS) is 1. The third-order valence-electron chi connectivity index (χ3n) is 1.96. The Morgan fingerprint density at radius 2 is 2.27 bits per heavy atom. The highest BCUT2D eigenvalue weighted by atomic mass is 19.1. The highest BCUT2D eigenvalue weighted by molar-refractivity contribution is 5.72. The van der Waals surface area contributed by atoms with Crippen LogP contribution in [0, 0.1) is 5.82 Å². The SMILES string of the molecule is COc1ccc(CC(O)C(=O)O)c(F)c1. The van der Waals surface area contributed by atoms with Crippen molar-refractivity contribution >= 4 is 5.97 Å². The molecule has 82 valence electrons. The number of halogens is 1. The molecular formula is C10H11FO4. The molecule has 1 unspecified atom stereocenters. The van der Waals surface area contributed by atoms with Gasteiger partial charge in [-0.3, -0.25) is 0 Å². The fourth-order valence-corrected chi connectivity index (χ4v) is 1.12. The van der Waals surface area contributed by atoms with Gasteiger partial charge in [0.2, 0.25) is 0 Å². The number of aliphatic hydroxyl groups is 1. The van der Waals surface area contributed by atoms with Gasteiger partial charge in [0.15, 0.2) is 6.10 Å². The van der Waals surface area contributed by atoms with Crippen molar-refractivity contribution in [1.29, 1.82) is 0 Å². The minimum Gasteiger partial charge on any atom is -0.497 e. The summed E-state index contributed by atoms with van der Waals surface area (Å²) in [5.41, 5.74) is 0.144. The molecule has 0 bridgehead atoms. The van der Waals surface area contributed by atoms with Gasteiger partial charge in [-0.2, -0.15) is 0 Å². The van der Waals surface area contributed by atoms with Crippen LogP contribution in [0.5, 0.6) is 5.75 Å². The zero-order chi connectivity index (χ0) is 11.4. The molecule has 0 aliphatic carbocycles. The van der Waals surface area contributed by atoms with Crippen LogP contribution in [0.15, 0.2) is 18.2 Å². The molecule has 0 spiro atoms.